The zero-order valence-corrected chi connectivity index (χ0v) is 10.9. The predicted octanol–water partition coefficient (Wildman–Crippen LogP) is 4.28. The van der Waals surface area contributed by atoms with E-state index in [1.54, 1.807) is 0 Å². The summed E-state index contributed by atoms with van der Waals surface area (Å²) in [4.78, 5) is 0. The number of rotatable bonds is 1. The predicted molar refractivity (Wildman–Crippen MR) is 71.1 cm³/mol. The maximum Gasteiger partial charge on any atom is 0.122 e. The summed E-state index contributed by atoms with van der Waals surface area (Å²) in [5.74, 6) is 1.62. The Hall–Kier alpha value is -0.690. The summed E-state index contributed by atoms with van der Waals surface area (Å²) in [5, 5.41) is 0.317. The van der Waals surface area contributed by atoms with Crippen LogP contribution in [0.5, 0.6) is 5.75 Å². The van der Waals surface area contributed by atoms with Crippen LogP contribution in [0.4, 0.5) is 0 Å². The zero-order chi connectivity index (χ0) is 11.7. The van der Waals surface area contributed by atoms with Crippen molar-refractivity contribution in [2.24, 2.45) is 0 Å². The molecule has 1 aromatic carbocycles. The maximum atomic E-state index is 6.54. The Balaban J connectivity index is 1.87. The van der Waals surface area contributed by atoms with Crippen LogP contribution in [0.25, 0.3) is 0 Å². The van der Waals surface area contributed by atoms with Crippen molar-refractivity contribution in [2.75, 3.05) is 6.61 Å². The Morgan fingerprint density at radius 1 is 1.12 bits per heavy atom. The molecule has 1 fully saturated rings. The SMILES string of the molecule is ClC1CCCCCC1c1ccc2c(c1)CCO2. The van der Waals surface area contributed by atoms with Gasteiger partial charge in [-0.15, -0.1) is 11.6 Å². The molecule has 0 N–H and O–H groups in total. The van der Waals surface area contributed by atoms with Crippen molar-refractivity contribution < 1.29 is 4.74 Å². The first kappa shape index (κ1) is 11.4. The van der Waals surface area contributed by atoms with E-state index in [0.717, 1.165) is 18.8 Å². The average Bonchev–Trinajstić information content (AvgIpc) is 2.70. The topological polar surface area (TPSA) is 9.23 Å². The molecular formula is C15H19ClO. The molecule has 3 rings (SSSR count). The summed E-state index contributed by atoms with van der Waals surface area (Å²) in [6.07, 6.45) is 7.42. The monoisotopic (exact) mass is 250 g/mol. The van der Waals surface area contributed by atoms with Crippen LogP contribution in [0.1, 0.15) is 49.1 Å². The molecule has 0 amide bonds. The fraction of sp³-hybridized carbons (Fsp3) is 0.600. The molecule has 2 aliphatic rings. The van der Waals surface area contributed by atoms with Gasteiger partial charge in [0, 0.05) is 17.7 Å². The van der Waals surface area contributed by atoms with Gasteiger partial charge in [-0.1, -0.05) is 31.4 Å². The standard InChI is InChI=1S/C15H19ClO/c16-14-5-3-1-2-4-13(14)11-6-7-15-12(10-11)8-9-17-15/h6-7,10,13-14H,1-5,8-9H2. The third kappa shape index (κ3) is 2.30. The fourth-order valence-corrected chi connectivity index (χ4v) is 3.50. The molecule has 1 heterocycles. The van der Waals surface area contributed by atoms with Gasteiger partial charge >= 0.3 is 0 Å². The normalized spacial score (nSPS) is 28.3. The van der Waals surface area contributed by atoms with Crippen LogP contribution >= 0.6 is 11.6 Å². The van der Waals surface area contributed by atoms with Crippen LogP contribution in [-0.4, -0.2) is 12.0 Å². The minimum atomic E-state index is 0.317. The highest BCUT2D eigenvalue weighted by molar-refractivity contribution is 6.21. The third-order valence-corrected chi connectivity index (χ3v) is 4.60. The lowest BCUT2D eigenvalue weighted by Crippen LogP contribution is -2.11. The number of hydrogen-bond acceptors (Lipinski definition) is 1. The van der Waals surface area contributed by atoms with Crippen LogP contribution < -0.4 is 4.74 Å². The van der Waals surface area contributed by atoms with Gasteiger partial charge in [0.1, 0.15) is 5.75 Å². The number of ether oxygens (including phenoxy) is 1. The number of benzene rings is 1. The van der Waals surface area contributed by atoms with Crippen molar-refractivity contribution in [1.82, 2.24) is 0 Å². The Morgan fingerprint density at radius 3 is 2.94 bits per heavy atom. The molecule has 92 valence electrons. The molecule has 1 saturated carbocycles. The van der Waals surface area contributed by atoms with Gasteiger partial charge in [0.25, 0.3) is 0 Å². The number of halogens is 1. The van der Waals surface area contributed by atoms with Gasteiger partial charge in [0.15, 0.2) is 0 Å². The van der Waals surface area contributed by atoms with Gasteiger partial charge in [-0.25, -0.2) is 0 Å². The summed E-state index contributed by atoms with van der Waals surface area (Å²) in [6.45, 7) is 0.841. The second kappa shape index (κ2) is 4.89. The van der Waals surface area contributed by atoms with Gasteiger partial charge in [-0.2, -0.15) is 0 Å². The van der Waals surface area contributed by atoms with Crippen LogP contribution in [-0.2, 0) is 6.42 Å². The highest BCUT2D eigenvalue weighted by atomic mass is 35.5. The lowest BCUT2D eigenvalue weighted by Gasteiger charge is -2.20. The van der Waals surface area contributed by atoms with E-state index in [9.17, 15) is 0 Å². The molecule has 1 nitrogen and oxygen atoms in total. The van der Waals surface area contributed by atoms with Crippen LogP contribution in [0.2, 0.25) is 0 Å². The molecule has 0 spiro atoms. The van der Waals surface area contributed by atoms with Gasteiger partial charge < -0.3 is 4.74 Å². The minimum Gasteiger partial charge on any atom is -0.493 e. The number of hydrogen-bond donors (Lipinski definition) is 0. The summed E-state index contributed by atoms with van der Waals surface area (Å²) >= 11 is 6.54. The minimum absolute atomic E-state index is 0.317. The highest BCUT2D eigenvalue weighted by Crippen LogP contribution is 2.37. The van der Waals surface area contributed by atoms with Crippen LogP contribution in [0.15, 0.2) is 18.2 Å². The second-order valence-corrected chi connectivity index (χ2v) is 5.79. The van der Waals surface area contributed by atoms with E-state index < -0.39 is 0 Å². The smallest absolute Gasteiger partial charge is 0.122 e. The van der Waals surface area contributed by atoms with E-state index in [2.05, 4.69) is 18.2 Å². The van der Waals surface area contributed by atoms with Crippen LogP contribution in [0.3, 0.4) is 0 Å². The van der Waals surface area contributed by atoms with Gasteiger partial charge in [-0.05, 0) is 30.0 Å². The molecule has 0 saturated heterocycles. The lowest BCUT2D eigenvalue weighted by molar-refractivity contribution is 0.356. The quantitative estimate of drug-likeness (QED) is 0.534. The number of alkyl halides is 1. The summed E-state index contributed by atoms with van der Waals surface area (Å²) in [5.41, 5.74) is 2.80. The van der Waals surface area contributed by atoms with Crippen LogP contribution in [0, 0.1) is 0 Å². The van der Waals surface area contributed by atoms with Crippen molar-refractivity contribution in [1.29, 1.82) is 0 Å². The van der Waals surface area contributed by atoms with Crippen molar-refractivity contribution >= 4 is 11.6 Å². The third-order valence-electron chi connectivity index (χ3n) is 4.07. The zero-order valence-electron chi connectivity index (χ0n) is 10.1. The molecule has 0 bridgehead atoms. The van der Waals surface area contributed by atoms with E-state index in [1.807, 2.05) is 0 Å². The van der Waals surface area contributed by atoms with Crippen molar-refractivity contribution in [3.8, 4) is 5.75 Å². The van der Waals surface area contributed by atoms with E-state index >= 15 is 0 Å². The lowest BCUT2D eigenvalue weighted by atomic mass is 9.90. The largest absolute Gasteiger partial charge is 0.493 e. The fourth-order valence-electron chi connectivity index (χ4n) is 3.08. The Morgan fingerprint density at radius 2 is 2.00 bits per heavy atom. The molecule has 0 radical (unpaired) electrons. The van der Waals surface area contributed by atoms with Gasteiger partial charge in [-0.3, -0.25) is 0 Å². The molecule has 2 atom stereocenters. The summed E-state index contributed by atoms with van der Waals surface area (Å²) < 4.78 is 5.56. The Kier molecular flexibility index (Phi) is 3.28. The van der Waals surface area contributed by atoms with Crippen molar-refractivity contribution in [3.05, 3.63) is 29.3 Å². The van der Waals surface area contributed by atoms with E-state index in [4.69, 9.17) is 16.3 Å². The molecule has 2 unspecified atom stereocenters. The maximum absolute atomic E-state index is 6.54. The van der Waals surface area contributed by atoms with Gasteiger partial charge in [0.05, 0.1) is 6.61 Å². The first-order valence-electron chi connectivity index (χ1n) is 6.74. The molecular weight excluding hydrogens is 232 g/mol. The average molecular weight is 251 g/mol. The molecule has 1 aromatic rings. The first-order valence-corrected chi connectivity index (χ1v) is 7.18. The molecule has 2 heteroatoms. The van der Waals surface area contributed by atoms with Crippen molar-refractivity contribution in [3.63, 3.8) is 0 Å². The number of fused-ring (bicyclic) bond motifs is 1. The second-order valence-electron chi connectivity index (χ2n) is 5.23. The van der Waals surface area contributed by atoms with E-state index in [0.29, 0.717) is 11.3 Å². The Labute approximate surface area is 108 Å². The Bertz CT molecular complexity index is 402. The first-order chi connectivity index (χ1) is 8.34. The van der Waals surface area contributed by atoms with E-state index in [-0.39, 0.29) is 0 Å². The highest BCUT2D eigenvalue weighted by Gasteiger charge is 2.24. The molecule has 1 aliphatic heterocycles. The summed E-state index contributed by atoms with van der Waals surface area (Å²) in [6, 6.07) is 6.68. The molecule has 0 aromatic heterocycles. The van der Waals surface area contributed by atoms with E-state index in [1.165, 1.54) is 43.2 Å². The van der Waals surface area contributed by atoms with Crippen molar-refractivity contribution in [2.45, 2.75) is 49.8 Å². The molecule has 1 aliphatic carbocycles. The summed E-state index contributed by atoms with van der Waals surface area (Å²) in [7, 11) is 0. The molecule has 17 heavy (non-hydrogen) atoms. The van der Waals surface area contributed by atoms with Gasteiger partial charge in [0.2, 0.25) is 0 Å².